The van der Waals surface area contributed by atoms with E-state index in [0.29, 0.717) is 0 Å². The zero-order chi connectivity index (χ0) is 11.0. The van der Waals surface area contributed by atoms with E-state index in [1.807, 2.05) is 33.0 Å². The minimum atomic E-state index is 0. The van der Waals surface area contributed by atoms with Gasteiger partial charge in [0.05, 0.1) is 0 Å². The summed E-state index contributed by atoms with van der Waals surface area (Å²) in [6.45, 7) is 2.71. The van der Waals surface area contributed by atoms with E-state index >= 15 is 0 Å². The third kappa shape index (κ3) is 19.6. The molecule has 0 atom stereocenters. The molecule has 0 aromatic rings. The molecule has 0 radical (unpaired) electrons. The lowest BCUT2D eigenvalue weighted by atomic mass is 10.6. The molecule has 4 heteroatoms. The molecule has 0 aliphatic rings. The first-order valence-corrected chi connectivity index (χ1v) is 4.36. The first-order valence-electron chi connectivity index (χ1n) is 4.36. The zero-order valence-electron chi connectivity index (χ0n) is 9.96. The third-order valence-corrected chi connectivity index (χ3v) is 1.18. The van der Waals surface area contributed by atoms with Gasteiger partial charge in [-0.05, 0) is 28.1 Å². The summed E-state index contributed by atoms with van der Waals surface area (Å²) < 4.78 is 0. The van der Waals surface area contributed by atoms with E-state index < -0.39 is 0 Å². The van der Waals surface area contributed by atoms with Gasteiger partial charge in [0.2, 0.25) is 0 Å². The lowest BCUT2D eigenvalue weighted by Crippen LogP contribution is -2.35. The predicted molar refractivity (Wildman–Crippen MR) is 70.5 cm³/mol. The van der Waals surface area contributed by atoms with Crippen LogP contribution in [0.5, 0.6) is 0 Å². The Labute approximate surface area is 96.8 Å². The smallest absolute Gasteiger partial charge is 0.319 e. The molecule has 0 saturated carbocycles. The molecule has 0 unspecified atom stereocenters. The summed E-state index contributed by atoms with van der Waals surface area (Å²) in [5.74, 6) is 0. The summed E-state index contributed by atoms with van der Waals surface area (Å²) in [7, 11) is 11.3. The average Bonchev–Trinajstić information content (AvgIpc) is 2.00. The molecule has 0 aromatic carbocycles. The highest BCUT2D eigenvalue weighted by Gasteiger charge is 2.06. The first-order chi connectivity index (χ1) is 5.82. The zero-order valence-corrected chi connectivity index (χ0v) is 9.96. The number of nitrogens with zero attached hydrogens (tertiary/aromatic N) is 3. The van der Waals surface area contributed by atoms with E-state index in [0.717, 1.165) is 6.54 Å². The molecule has 0 spiro atoms. The molecular weight excluding hydrogens is 190 g/mol. The van der Waals surface area contributed by atoms with Crippen LogP contribution in [0.4, 0.5) is 4.79 Å². The van der Waals surface area contributed by atoms with Crippen LogP contribution in [0.15, 0.2) is 0 Å². The van der Waals surface area contributed by atoms with Crippen LogP contribution in [-0.2, 0) is 0 Å². The minimum absolute atomic E-state index is 0. The molecule has 0 N–H and O–H groups in total. The molecule has 4 nitrogen and oxygen atoms in total. The molecule has 96 valence electrons. The second-order valence-corrected chi connectivity index (χ2v) is 3.53. The second kappa shape index (κ2) is 13.2. The Morgan fingerprint density at radius 2 is 1.20 bits per heavy atom. The normalized spacial score (nSPS) is 7.73. The number of urea groups is 1. The van der Waals surface area contributed by atoms with Gasteiger partial charge in [0, 0.05) is 27.7 Å². The number of amides is 2. The van der Waals surface area contributed by atoms with E-state index in [-0.39, 0.29) is 20.9 Å². The van der Waals surface area contributed by atoms with Gasteiger partial charge in [-0.15, -0.1) is 0 Å². The fraction of sp³-hybridized carbons (Fsp3) is 0.909. The van der Waals surface area contributed by atoms with Crippen molar-refractivity contribution in [2.75, 3.05) is 48.8 Å². The molecule has 0 aromatic heterocycles. The van der Waals surface area contributed by atoms with Crippen molar-refractivity contribution in [2.24, 2.45) is 0 Å². The Morgan fingerprint density at radius 1 is 0.933 bits per heavy atom. The molecule has 15 heavy (non-hydrogen) atoms. The molecular formula is C11H31N3O. The minimum Gasteiger partial charge on any atom is -0.331 e. The van der Waals surface area contributed by atoms with E-state index in [4.69, 9.17) is 0 Å². The maximum absolute atomic E-state index is 10.9. The molecule has 0 heterocycles. The fourth-order valence-corrected chi connectivity index (χ4v) is 0.477. The quantitative estimate of drug-likeness (QED) is 0.678. The Morgan fingerprint density at radius 3 is 1.27 bits per heavy atom. The highest BCUT2D eigenvalue weighted by atomic mass is 16.2. The fourth-order valence-electron chi connectivity index (χ4n) is 0.477. The van der Waals surface area contributed by atoms with Crippen LogP contribution in [0.25, 0.3) is 0 Å². The van der Waals surface area contributed by atoms with Gasteiger partial charge in [0.15, 0.2) is 0 Å². The van der Waals surface area contributed by atoms with Gasteiger partial charge in [0.25, 0.3) is 0 Å². The molecule has 2 amide bonds. The van der Waals surface area contributed by atoms with Crippen LogP contribution in [0.2, 0.25) is 0 Å². The second-order valence-electron chi connectivity index (χ2n) is 3.53. The average molecular weight is 221 g/mol. The summed E-state index contributed by atoms with van der Waals surface area (Å²) in [4.78, 5) is 16.1. The van der Waals surface area contributed by atoms with Gasteiger partial charge < -0.3 is 14.7 Å². The van der Waals surface area contributed by atoms with E-state index in [2.05, 4.69) is 0 Å². The standard InChI is InChI=1S/C6H14N2O.C3H9N.2CH4/c1-5-8(4)6(9)7(2)3;1-4(2)3;;/h5H2,1-4H3;1-3H3;2*1H4. The van der Waals surface area contributed by atoms with Crippen LogP contribution in [0.1, 0.15) is 21.8 Å². The van der Waals surface area contributed by atoms with Crippen LogP contribution in [-0.4, -0.2) is 69.6 Å². The lowest BCUT2D eigenvalue weighted by molar-refractivity contribution is 0.184. The highest BCUT2D eigenvalue weighted by Crippen LogP contribution is 1.87. The summed E-state index contributed by atoms with van der Waals surface area (Å²) in [6, 6.07) is 0.0532. The summed E-state index contributed by atoms with van der Waals surface area (Å²) in [6.07, 6.45) is 0. The van der Waals surface area contributed by atoms with Gasteiger partial charge in [0.1, 0.15) is 0 Å². The summed E-state index contributed by atoms with van der Waals surface area (Å²) >= 11 is 0. The Hall–Kier alpha value is -0.770. The molecule has 0 fully saturated rings. The third-order valence-electron chi connectivity index (χ3n) is 1.18. The van der Waals surface area contributed by atoms with Crippen molar-refractivity contribution in [1.29, 1.82) is 0 Å². The van der Waals surface area contributed by atoms with E-state index in [1.165, 1.54) is 0 Å². The number of carbonyl (C=O) groups is 1. The Balaban J connectivity index is -0.0000000883. The van der Waals surface area contributed by atoms with Crippen molar-refractivity contribution in [1.82, 2.24) is 14.7 Å². The van der Waals surface area contributed by atoms with Crippen LogP contribution < -0.4 is 0 Å². The van der Waals surface area contributed by atoms with Gasteiger partial charge in [-0.25, -0.2) is 4.79 Å². The Bertz CT molecular complexity index is 133. The summed E-state index contributed by atoms with van der Waals surface area (Å²) in [5, 5.41) is 0. The van der Waals surface area contributed by atoms with Crippen LogP contribution in [0.3, 0.4) is 0 Å². The van der Waals surface area contributed by atoms with Crippen molar-refractivity contribution in [2.45, 2.75) is 21.8 Å². The first kappa shape index (κ1) is 23.8. The van der Waals surface area contributed by atoms with Crippen molar-refractivity contribution in [3.63, 3.8) is 0 Å². The molecule has 0 bridgehead atoms. The van der Waals surface area contributed by atoms with Gasteiger partial charge in [-0.2, -0.15) is 0 Å². The van der Waals surface area contributed by atoms with E-state index in [9.17, 15) is 4.79 Å². The van der Waals surface area contributed by atoms with Crippen molar-refractivity contribution < 1.29 is 4.79 Å². The maximum atomic E-state index is 10.9. The topological polar surface area (TPSA) is 26.8 Å². The maximum Gasteiger partial charge on any atom is 0.319 e. The van der Waals surface area contributed by atoms with Crippen molar-refractivity contribution in [3.05, 3.63) is 0 Å². The van der Waals surface area contributed by atoms with Gasteiger partial charge >= 0.3 is 6.03 Å². The number of rotatable bonds is 1. The predicted octanol–water partition coefficient (Wildman–Crippen LogP) is 2.07. The van der Waals surface area contributed by atoms with Gasteiger partial charge in [-0.3, -0.25) is 0 Å². The van der Waals surface area contributed by atoms with Crippen LogP contribution in [0, 0.1) is 0 Å². The van der Waals surface area contributed by atoms with Gasteiger partial charge in [-0.1, -0.05) is 14.9 Å². The lowest BCUT2D eigenvalue weighted by Gasteiger charge is -2.19. The number of carbonyl (C=O) groups excluding carboxylic acids is 1. The number of hydrogen-bond donors (Lipinski definition) is 0. The molecule has 0 aliphatic heterocycles. The van der Waals surface area contributed by atoms with Crippen LogP contribution >= 0.6 is 0 Å². The Kier molecular flexibility index (Phi) is 21.0. The SMILES string of the molecule is C.C.CCN(C)C(=O)N(C)C.CN(C)C. The molecule has 0 saturated heterocycles. The number of hydrogen-bond acceptors (Lipinski definition) is 2. The monoisotopic (exact) mass is 221 g/mol. The molecule has 0 aliphatic carbocycles. The molecule has 0 rings (SSSR count). The van der Waals surface area contributed by atoms with E-state index in [1.54, 1.807) is 30.9 Å². The highest BCUT2D eigenvalue weighted by molar-refractivity contribution is 5.73. The van der Waals surface area contributed by atoms with Crippen molar-refractivity contribution in [3.8, 4) is 0 Å². The van der Waals surface area contributed by atoms with Crippen molar-refractivity contribution >= 4 is 6.03 Å². The summed E-state index contributed by atoms with van der Waals surface area (Å²) in [5.41, 5.74) is 0. The largest absolute Gasteiger partial charge is 0.331 e.